The van der Waals surface area contributed by atoms with Gasteiger partial charge in [-0.3, -0.25) is 0 Å². The van der Waals surface area contributed by atoms with Crippen molar-refractivity contribution in [1.29, 1.82) is 5.26 Å². The van der Waals surface area contributed by atoms with E-state index in [0.717, 1.165) is 47.7 Å². The fraction of sp³-hybridized carbons (Fsp3) is 0.522. The van der Waals surface area contributed by atoms with Crippen LogP contribution in [0.25, 0.3) is 11.3 Å². The minimum absolute atomic E-state index is 0.538. The van der Waals surface area contributed by atoms with Gasteiger partial charge in [0.2, 0.25) is 0 Å². The van der Waals surface area contributed by atoms with Gasteiger partial charge in [0.25, 0.3) is 0 Å². The fourth-order valence-electron chi connectivity index (χ4n) is 4.99. The summed E-state index contributed by atoms with van der Waals surface area (Å²) in [5, 5.41) is 18.7. The summed E-state index contributed by atoms with van der Waals surface area (Å²) in [4.78, 5) is 4.94. The van der Waals surface area contributed by atoms with E-state index in [9.17, 15) is 5.26 Å². The van der Waals surface area contributed by atoms with Crippen molar-refractivity contribution in [2.24, 2.45) is 0 Å². The van der Waals surface area contributed by atoms with E-state index in [1.165, 1.54) is 36.9 Å². The summed E-state index contributed by atoms with van der Waals surface area (Å²) in [6, 6.07) is 6.69. The smallest absolute Gasteiger partial charge is 0.155 e. The fourth-order valence-corrected chi connectivity index (χ4v) is 4.99. The molecule has 0 bridgehead atoms. The van der Waals surface area contributed by atoms with Gasteiger partial charge in [0.1, 0.15) is 0 Å². The number of likely N-dealkylation sites (N-methyl/N-ethyl adjacent to an activating group) is 1. The average Bonchev–Trinajstić information content (AvgIpc) is 2.68. The number of aryl methyl sites for hydroxylation is 2. The first-order valence-corrected chi connectivity index (χ1v) is 10.3. The van der Waals surface area contributed by atoms with E-state index in [1.54, 1.807) is 0 Å². The lowest BCUT2D eigenvalue weighted by atomic mass is 9.91. The number of rotatable bonds is 2. The lowest BCUT2D eigenvalue weighted by molar-refractivity contribution is 0.242. The molecular weight excluding hydrogens is 346 g/mol. The van der Waals surface area contributed by atoms with E-state index in [-0.39, 0.29) is 0 Å². The highest BCUT2D eigenvalue weighted by atomic mass is 15.3. The Morgan fingerprint density at radius 1 is 1.07 bits per heavy atom. The highest BCUT2D eigenvalue weighted by Crippen LogP contribution is 2.36. The van der Waals surface area contributed by atoms with Gasteiger partial charge < -0.3 is 9.80 Å². The molecule has 3 heterocycles. The Labute approximate surface area is 168 Å². The third-order valence-electron chi connectivity index (χ3n) is 6.36. The highest BCUT2D eigenvalue weighted by molar-refractivity contribution is 5.74. The quantitative estimate of drug-likeness (QED) is 0.799. The van der Waals surface area contributed by atoms with Crippen LogP contribution in [0.1, 0.15) is 47.1 Å². The molecule has 1 saturated heterocycles. The van der Waals surface area contributed by atoms with E-state index in [0.29, 0.717) is 11.6 Å². The van der Waals surface area contributed by atoms with Gasteiger partial charge in [-0.2, -0.15) is 5.26 Å². The first-order valence-electron chi connectivity index (χ1n) is 10.3. The van der Waals surface area contributed by atoms with Crippen molar-refractivity contribution in [3.05, 3.63) is 39.9 Å². The van der Waals surface area contributed by atoms with Crippen molar-refractivity contribution in [3.8, 4) is 17.3 Å². The van der Waals surface area contributed by atoms with Crippen LogP contribution >= 0.6 is 0 Å². The second-order valence-electron chi connectivity index (χ2n) is 8.43. The van der Waals surface area contributed by atoms with Crippen LogP contribution in [-0.4, -0.2) is 47.8 Å². The Bertz CT molecular complexity index is 920. The molecule has 1 aromatic heterocycles. The molecule has 2 aliphatic heterocycles. The van der Waals surface area contributed by atoms with Gasteiger partial charge in [0, 0.05) is 30.3 Å². The number of hydrogen-bond acceptors (Lipinski definition) is 5. The molecule has 0 spiro atoms. The number of hydrogen-bond donors (Lipinski definition) is 0. The number of anilines is 1. The van der Waals surface area contributed by atoms with Crippen LogP contribution in [0.3, 0.4) is 0 Å². The zero-order valence-corrected chi connectivity index (χ0v) is 17.4. The molecule has 0 N–H and O–H groups in total. The van der Waals surface area contributed by atoms with Gasteiger partial charge in [0.05, 0.1) is 17.3 Å². The van der Waals surface area contributed by atoms with Crippen LogP contribution < -0.4 is 4.90 Å². The van der Waals surface area contributed by atoms with Gasteiger partial charge in [-0.25, -0.2) is 0 Å². The molecule has 2 aliphatic rings. The Kier molecular flexibility index (Phi) is 5.07. The highest BCUT2D eigenvalue weighted by Gasteiger charge is 2.30. The monoisotopic (exact) mass is 375 g/mol. The standard InChI is InChI=1S/C23H29N5/c1-15-11-18(13-24)12-16(2)21(15)22-17(3)20-8-6-10-28(23(20)26-25-22)19-7-5-9-27(4)14-19/h11-12,19H,5-10,14H2,1-4H3. The number of piperidine rings is 1. The Hall–Kier alpha value is -2.45. The average molecular weight is 376 g/mol. The Morgan fingerprint density at radius 3 is 2.50 bits per heavy atom. The molecule has 1 atom stereocenters. The number of nitriles is 1. The number of aromatic nitrogens is 2. The van der Waals surface area contributed by atoms with Gasteiger partial charge >= 0.3 is 0 Å². The Balaban J connectivity index is 1.76. The van der Waals surface area contributed by atoms with Gasteiger partial charge in [0.15, 0.2) is 5.82 Å². The predicted octanol–water partition coefficient (Wildman–Crippen LogP) is 3.79. The third-order valence-corrected chi connectivity index (χ3v) is 6.36. The number of fused-ring (bicyclic) bond motifs is 1. The molecule has 5 heteroatoms. The van der Waals surface area contributed by atoms with Crippen molar-refractivity contribution < 1.29 is 0 Å². The van der Waals surface area contributed by atoms with Crippen molar-refractivity contribution in [1.82, 2.24) is 15.1 Å². The molecule has 0 aliphatic carbocycles. The second-order valence-corrected chi connectivity index (χ2v) is 8.43. The predicted molar refractivity (Wildman–Crippen MR) is 113 cm³/mol. The van der Waals surface area contributed by atoms with E-state index < -0.39 is 0 Å². The first kappa shape index (κ1) is 18.9. The molecule has 4 rings (SSSR count). The van der Waals surface area contributed by atoms with Crippen LogP contribution in [-0.2, 0) is 6.42 Å². The number of likely N-dealkylation sites (tertiary alicyclic amines) is 1. The Morgan fingerprint density at radius 2 is 1.82 bits per heavy atom. The summed E-state index contributed by atoms with van der Waals surface area (Å²) < 4.78 is 0. The summed E-state index contributed by atoms with van der Waals surface area (Å²) in [5.74, 6) is 1.09. The molecule has 0 radical (unpaired) electrons. The van der Waals surface area contributed by atoms with Crippen LogP contribution in [0, 0.1) is 32.1 Å². The maximum Gasteiger partial charge on any atom is 0.155 e. The minimum atomic E-state index is 0.538. The van der Waals surface area contributed by atoms with Crippen molar-refractivity contribution in [3.63, 3.8) is 0 Å². The minimum Gasteiger partial charge on any atom is -0.351 e. The molecule has 1 unspecified atom stereocenters. The maximum absolute atomic E-state index is 9.25. The van der Waals surface area contributed by atoms with Crippen LogP contribution in [0.5, 0.6) is 0 Å². The van der Waals surface area contributed by atoms with Crippen molar-refractivity contribution >= 4 is 5.82 Å². The van der Waals surface area contributed by atoms with Gasteiger partial charge in [-0.05, 0) is 88.9 Å². The third kappa shape index (κ3) is 3.27. The topological polar surface area (TPSA) is 56.1 Å². The first-order chi connectivity index (χ1) is 13.5. The molecule has 2 aromatic rings. The zero-order chi connectivity index (χ0) is 19.8. The summed E-state index contributed by atoms with van der Waals surface area (Å²) >= 11 is 0. The van der Waals surface area contributed by atoms with E-state index in [1.807, 2.05) is 12.1 Å². The second kappa shape index (κ2) is 7.52. The summed E-state index contributed by atoms with van der Waals surface area (Å²) in [6.45, 7) is 9.69. The lowest BCUT2D eigenvalue weighted by Crippen LogP contribution is -2.49. The van der Waals surface area contributed by atoms with Crippen molar-refractivity contribution in [2.75, 3.05) is 31.6 Å². The molecule has 1 aromatic carbocycles. The molecule has 5 nitrogen and oxygen atoms in total. The van der Waals surface area contributed by atoms with Crippen molar-refractivity contribution in [2.45, 2.75) is 52.5 Å². The zero-order valence-electron chi connectivity index (χ0n) is 17.4. The van der Waals surface area contributed by atoms with E-state index >= 15 is 0 Å². The van der Waals surface area contributed by atoms with Crippen LogP contribution in [0.15, 0.2) is 12.1 Å². The molecule has 146 valence electrons. The maximum atomic E-state index is 9.25. The van der Waals surface area contributed by atoms with Gasteiger partial charge in [-0.1, -0.05) is 0 Å². The molecular formula is C23H29N5. The SMILES string of the molecule is Cc1cc(C#N)cc(C)c1-c1nnc2c(c1C)CCCN2C1CCCN(C)C1. The summed E-state index contributed by atoms with van der Waals surface area (Å²) in [7, 11) is 2.22. The summed E-state index contributed by atoms with van der Waals surface area (Å²) in [6.07, 6.45) is 4.73. The lowest BCUT2D eigenvalue weighted by Gasteiger charge is -2.41. The van der Waals surface area contributed by atoms with E-state index in [2.05, 4.69) is 43.7 Å². The molecule has 0 saturated carbocycles. The molecule has 28 heavy (non-hydrogen) atoms. The normalized spacial score (nSPS) is 20.0. The number of nitrogens with zero attached hydrogens (tertiary/aromatic N) is 5. The number of benzene rings is 1. The van der Waals surface area contributed by atoms with Crippen LogP contribution in [0.4, 0.5) is 5.82 Å². The van der Waals surface area contributed by atoms with Crippen LogP contribution in [0.2, 0.25) is 0 Å². The van der Waals surface area contributed by atoms with E-state index in [4.69, 9.17) is 10.2 Å². The summed E-state index contributed by atoms with van der Waals surface area (Å²) in [5.41, 5.74) is 7.59. The largest absolute Gasteiger partial charge is 0.351 e. The molecule has 1 fully saturated rings. The molecule has 0 amide bonds. The van der Waals surface area contributed by atoms with Gasteiger partial charge in [-0.15, -0.1) is 10.2 Å².